The quantitative estimate of drug-likeness (QED) is 0.578. The van der Waals surface area contributed by atoms with Crippen molar-refractivity contribution in [1.82, 2.24) is 9.47 Å². The number of carbonyl (C=O) groups excluding carboxylic acids is 1. The van der Waals surface area contributed by atoms with Crippen LogP contribution in [0.15, 0.2) is 50.4 Å². The van der Waals surface area contributed by atoms with Crippen molar-refractivity contribution in [2.75, 3.05) is 19.7 Å². The van der Waals surface area contributed by atoms with Gasteiger partial charge in [0.05, 0.1) is 0 Å². The van der Waals surface area contributed by atoms with Crippen molar-refractivity contribution < 1.29 is 13.9 Å². The molecule has 6 rings (SSSR count). The largest absolute Gasteiger partial charge is 0.484 e. The molecule has 1 aliphatic carbocycles. The number of rotatable bonds is 3. The molecule has 2 atom stereocenters. The maximum Gasteiger partial charge on any atom is 0.339 e. The minimum absolute atomic E-state index is 0.0366. The second-order valence-corrected chi connectivity index (χ2v) is 9.50. The summed E-state index contributed by atoms with van der Waals surface area (Å²) in [6.07, 6.45) is 4.77. The van der Waals surface area contributed by atoms with Crippen LogP contribution in [0.2, 0.25) is 0 Å². The Morgan fingerprint density at radius 3 is 2.76 bits per heavy atom. The molecule has 3 aromatic rings. The van der Waals surface area contributed by atoms with E-state index in [1.807, 2.05) is 27.7 Å². The number of piperidine rings is 1. The van der Waals surface area contributed by atoms with Gasteiger partial charge < -0.3 is 18.6 Å². The van der Waals surface area contributed by atoms with Crippen molar-refractivity contribution in [1.29, 1.82) is 0 Å². The van der Waals surface area contributed by atoms with Crippen LogP contribution in [0.5, 0.6) is 5.75 Å². The molecule has 7 heteroatoms. The number of likely N-dealkylation sites (tertiary alicyclic amines) is 1. The van der Waals surface area contributed by atoms with E-state index in [2.05, 4.69) is 0 Å². The Labute approximate surface area is 190 Å². The number of amides is 1. The molecule has 2 bridgehead atoms. The zero-order chi connectivity index (χ0) is 22.5. The first-order chi connectivity index (χ1) is 16.1. The molecule has 4 heterocycles. The number of nitrogens with zero attached hydrogens (tertiary/aromatic N) is 2. The number of hydrogen-bond acceptors (Lipinski definition) is 5. The summed E-state index contributed by atoms with van der Waals surface area (Å²) in [6, 6.07) is 10.9. The van der Waals surface area contributed by atoms with E-state index in [0.29, 0.717) is 31.0 Å². The van der Waals surface area contributed by atoms with Gasteiger partial charge in [-0.2, -0.15) is 0 Å². The van der Waals surface area contributed by atoms with E-state index in [0.717, 1.165) is 54.3 Å². The number of benzene rings is 1. The highest BCUT2D eigenvalue weighted by atomic mass is 16.5. The Kier molecular flexibility index (Phi) is 4.85. The smallest absolute Gasteiger partial charge is 0.339 e. The maximum atomic E-state index is 12.9. The lowest BCUT2D eigenvalue weighted by molar-refractivity contribution is -0.136. The monoisotopic (exact) mass is 446 g/mol. The van der Waals surface area contributed by atoms with Gasteiger partial charge in [-0.1, -0.05) is 6.07 Å². The van der Waals surface area contributed by atoms with Gasteiger partial charge in [-0.05, 0) is 61.8 Å². The number of aromatic nitrogens is 1. The van der Waals surface area contributed by atoms with Gasteiger partial charge >= 0.3 is 5.63 Å². The molecule has 2 aromatic heterocycles. The number of fused-ring (bicyclic) bond motifs is 7. The average molecular weight is 447 g/mol. The Balaban J connectivity index is 1.17. The molecule has 1 aromatic carbocycles. The SMILES string of the molecule is O=C(COc1ccc2c3c(c(=O)oc2c1)CCCC3)N1C[C@H]2C[C@@H](C1)c1cccc(=O)n1C2. The average Bonchev–Trinajstić information content (AvgIpc) is 2.83. The van der Waals surface area contributed by atoms with Crippen LogP contribution in [0.3, 0.4) is 0 Å². The van der Waals surface area contributed by atoms with Crippen LogP contribution in [-0.2, 0) is 24.2 Å². The zero-order valence-corrected chi connectivity index (χ0v) is 18.4. The Hall–Kier alpha value is -3.35. The first-order valence-corrected chi connectivity index (χ1v) is 11.8. The van der Waals surface area contributed by atoms with Crippen molar-refractivity contribution in [3.8, 4) is 5.75 Å². The molecule has 3 aliphatic rings. The summed E-state index contributed by atoms with van der Waals surface area (Å²) in [7, 11) is 0. The van der Waals surface area contributed by atoms with Crippen molar-refractivity contribution in [3.05, 3.63) is 74.0 Å². The van der Waals surface area contributed by atoms with E-state index in [1.165, 1.54) is 0 Å². The van der Waals surface area contributed by atoms with Crippen molar-refractivity contribution in [2.24, 2.45) is 5.92 Å². The fourth-order valence-electron chi connectivity index (χ4n) is 5.85. The molecule has 0 N–H and O–H groups in total. The van der Waals surface area contributed by atoms with Gasteiger partial charge in [0.25, 0.3) is 11.5 Å². The molecule has 33 heavy (non-hydrogen) atoms. The topological polar surface area (TPSA) is 81.8 Å². The van der Waals surface area contributed by atoms with Crippen LogP contribution in [0.25, 0.3) is 11.0 Å². The number of carbonyl (C=O) groups is 1. The van der Waals surface area contributed by atoms with Crippen LogP contribution in [-0.4, -0.2) is 35.1 Å². The molecular weight excluding hydrogens is 420 g/mol. The highest BCUT2D eigenvalue weighted by molar-refractivity contribution is 5.83. The second kappa shape index (κ2) is 7.90. The molecule has 0 saturated carbocycles. The highest BCUT2D eigenvalue weighted by Gasteiger charge is 2.36. The van der Waals surface area contributed by atoms with Crippen LogP contribution < -0.4 is 15.9 Å². The normalized spacial score (nSPS) is 21.4. The number of aryl methyl sites for hydroxylation is 1. The van der Waals surface area contributed by atoms with Gasteiger partial charge in [0, 0.05) is 54.3 Å². The Morgan fingerprint density at radius 1 is 1.03 bits per heavy atom. The van der Waals surface area contributed by atoms with Gasteiger partial charge in [0.15, 0.2) is 6.61 Å². The molecule has 1 amide bonds. The van der Waals surface area contributed by atoms with Crippen LogP contribution in [0.4, 0.5) is 0 Å². The summed E-state index contributed by atoms with van der Waals surface area (Å²) >= 11 is 0. The van der Waals surface area contributed by atoms with Crippen molar-refractivity contribution >= 4 is 16.9 Å². The van der Waals surface area contributed by atoms with Gasteiger partial charge in [-0.15, -0.1) is 0 Å². The van der Waals surface area contributed by atoms with Gasteiger partial charge in [-0.3, -0.25) is 9.59 Å². The molecule has 7 nitrogen and oxygen atoms in total. The molecule has 0 unspecified atom stereocenters. The predicted molar refractivity (Wildman–Crippen MR) is 123 cm³/mol. The lowest BCUT2D eigenvalue weighted by Crippen LogP contribution is -2.50. The standard InChI is InChI=1S/C26H26N2O5/c29-24-7-3-6-22-17-10-16(13-28(22)24)12-27(14-17)25(30)15-32-18-8-9-20-19-4-1-2-5-21(19)26(31)33-23(20)11-18/h3,6-9,11,16-17H,1-2,4-5,10,12-15H2/t16-,17+/m1/s1. The molecule has 1 saturated heterocycles. The molecule has 2 aliphatic heterocycles. The van der Waals surface area contributed by atoms with Crippen LogP contribution in [0.1, 0.15) is 42.0 Å². The highest BCUT2D eigenvalue weighted by Crippen LogP contribution is 2.35. The third kappa shape index (κ3) is 3.56. The second-order valence-electron chi connectivity index (χ2n) is 9.50. The van der Waals surface area contributed by atoms with E-state index >= 15 is 0 Å². The van der Waals surface area contributed by atoms with Crippen LogP contribution in [0, 0.1) is 5.92 Å². The van der Waals surface area contributed by atoms with Gasteiger partial charge in [0.2, 0.25) is 0 Å². The van der Waals surface area contributed by atoms with Gasteiger partial charge in [-0.25, -0.2) is 4.79 Å². The minimum Gasteiger partial charge on any atom is -0.484 e. The third-order valence-corrected chi connectivity index (χ3v) is 7.39. The van der Waals surface area contributed by atoms with Crippen molar-refractivity contribution in [3.63, 3.8) is 0 Å². The Bertz CT molecular complexity index is 1370. The molecule has 0 spiro atoms. The number of pyridine rings is 1. The van der Waals surface area contributed by atoms with E-state index in [9.17, 15) is 14.4 Å². The summed E-state index contributed by atoms with van der Waals surface area (Å²) < 4.78 is 13.2. The van der Waals surface area contributed by atoms with E-state index in [-0.39, 0.29) is 35.5 Å². The minimum atomic E-state index is -0.260. The maximum absolute atomic E-state index is 12.9. The molecule has 170 valence electrons. The first kappa shape index (κ1) is 20.3. The number of hydrogen-bond donors (Lipinski definition) is 0. The van der Waals surface area contributed by atoms with E-state index < -0.39 is 0 Å². The van der Waals surface area contributed by atoms with E-state index in [4.69, 9.17) is 9.15 Å². The first-order valence-electron chi connectivity index (χ1n) is 11.8. The summed E-state index contributed by atoms with van der Waals surface area (Å²) in [4.78, 5) is 39.4. The summed E-state index contributed by atoms with van der Waals surface area (Å²) in [5.41, 5.74) is 3.20. The number of ether oxygens (including phenoxy) is 1. The molecule has 0 radical (unpaired) electrons. The molecular formula is C26H26N2O5. The third-order valence-electron chi connectivity index (χ3n) is 7.39. The zero-order valence-electron chi connectivity index (χ0n) is 18.4. The summed E-state index contributed by atoms with van der Waals surface area (Å²) in [5.74, 6) is 0.908. The fourth-order valence-corrected chi connectivity index (χ4v) is 5.85. The Morgan fingerprint density at radius 2 is 1.88 bits per heavy atom. The summed E-state index contributed by atoms with van der Waals surface area (Å²) in [5, 5.41) is 0.959. The van der Waals surface area contributed by atoms with Crippen LogP contribution >= 0.6 is 0 Å². The predicted octanol–water partition coefficient (Wildman–Crippen LogP) is 2.86. The lowest BCUT2D eigenvalue weighted by Gasteiger charge is -2.42. The van der Waals surface area contributed by atoms with Gasteiger partial charge in [0.1, 0.15) is 11.3 Å². The fraction of sp³-hybridized carbons (Fsp3) is 0.423. The molecule has 1 fully saturated rings. The van der Waals surface area contributed by atoms with E-state index in [1.54, 1.807) is 18.2 Å². The lowest BCUT2D eigenvalue weighted by atomic mass is 9.83. The van der Waals surface area contributed by atoms with Crippen molar-refractivity contribution in [2.45, 2.75) is 44.6 Å². The summed E-state index contributed by atoms with van der Waals surface area (Å²) in [6.45, 7) is 1.82.